The topological polar surface area (TPSA) is 49.4 Å². The van der Waals surface area contributed by atoms with Gasteiger partial charge in [-0.2, -0.15) is 0 Å². The van der Waals surface area contributed by atoms with Crippen LogP contribution in [0.1, 0.15) is 55.9 Å². The molecule has 0 aliphatic heterocycles. The highest BCUT2D eigenvalue weighted by molar-refractivity contribution is 6.42. The lowest BCUT2D eigenvalue weighted by Gasteiger charge is -2.32. The van der Waals surface area contributed by atoms with E-state index in [2.05, 4.69) is 36.5 Å². The van der Waals surface area contributed by atoms with Gasteiger partial charge in [-0.25, -0.2) is 0 Å². The van der Waals surface area contributed by atoms with Gasteiger partial charge in [-0.15, -0.1) is 0 Å². The van der Waals surface area contributed by atoms with Crippen LogP contribution in [0.4, 0.5) is 0 Å². The molecule has 0 aromatic heterocycles. The molecule has 0 fully saturated rings. The van der Waals surface area contributed by atoms with Crippen LogP contribution in [0.2, 0.25) is 10.0 Å². The van der Waals surface area contributed by atoms with E-state index in [1.165, 1.54) is 5.56 Å². The van der Waals surface area contributed by atoms with Crippen molar-refractivity contribution in [1.82, 2.24) is 10.2 Å². The second-order valence-electron chi connectivity index (χ2n) is 9.46. The summed E-state index contributed by atoms with van der Waals surface area (Å²) in [5.74, 6) is -0.232. The molecule has 2 atom stereocenters. The van der Waals surface area contributed by atoms with Crippen molar-refractivity contribution in [2.45, 2.75) is 71.5 Å². The van der Waals surface area contributed by atoms with Gasteiger partial charge in [0.25, 0.3) is 0 Å². The Morgan fingerprint density at radius 2 is 1.49 bits per heavy atom. The minimum absolute atomic E-state index is 0.00443. The van der Waals surface area contributed by atoms with Crippen molar-refractivity contribution in [3.05, 3.63) is 105 Å². The highest BCUT2D eigenvalue weighted by Crippen LogP contribution is 2.25. The van der Waals surface area contributed by atoms with E-state index in [0.29, 0.717) is 29.3 Å². The van der Waals surface area contributed by atoms with E-state index in [9.17, 15) is 9.59 Å². The fourth-order valence-corrected chi connectivity index (χ4v) is 4.49. The minimum atomic E-state index is -0.666. The Morgan fingerprint density at radius 3 is 2.11 bits per heavy atom. The Kier molecular flexibility index (Phi) is 11.0. The van der Waals surface area contributed by atoms with Gasteiger partial charge in [0.2, 0.25) is 11.8 Å². The van der Waals surface area contributed by atoms with E-state index in [-0.39, 0.29) is 24.4 Å². The molecule has 1 N–H and O–H groups in total. The Hall–Kier alpha value is -2.82. The van der Waals surface area contributed by atoms with Gasteiger partial charge in [-0.3, -0.25) is 9.59 Å². The molecule has 0 aliphatic carbocycles. The zero-order valence-corrected chi connectivity index (χ0v) is 23.4. The van der Waals surface area contributed by atoms with E-state index in [1.54, 1.807) is 17.0 Å². The number of carbonyl (C=O) groups excluding carboxylic acids is 2. The average Bonchev–Trinajstić information content (AvgIpc) is 2.91. The third kappa shape index (κ3) is 8.62. The van der Waals surface area contributed by atoms with Crippen LogP contribution in [0.15, 0.2) is 72.8 Å². The smallest absolute Gasteiger partial charge is 0.243 e. The van der Waals surface area contributed by atoms with Gasteiger partial charge < -0.3 is 10.2 Å². The summed E-state index contributed by atoms with van der Waals surface area (Å²) in [6.45, 7) is 6.38. The third-order valence-electron chi connectivity index (χ3n) is 6.67. The number of nitrogens with one attached hydrogen (secondary N) is 1. The minimum Gasteiger partial charge on any atom is -0.352 e. The number of hydrogen-bond acceptors (Lipinski definition) is 2. The van der Waals surface area contributed by atoms with Gasteiger partial charge in [0.1, 0.15) is 6.04 Å². The molecular formula is C31H36Cl2N2O2. The molecular weight excluding hydrogens is 503 g/mol. The first kappa shape index (κ1) is 28.7. The van der Waals surface area contributed by atoms with Crippen molar-refractivity contribution < 1.29 is 9.59 Å². The highest BCUT2D eigenvalue weighted by Gasteiger charge is 2.30. The van der Waals surface area contributed by atoms with Crippen LogP contribution in [-0.4, -0.2) is 28.8 Å². The molecule has 6 heteroatoms. The molecule has 0 radical (unpaired) electrons. The number of hydrogen-bond donors (Lipinski definition) is 1. The van der Waals surface area contributed by atoms with Crippen molar-refractivity contribution in [2.24, 2.45) is 0 Å². The Bertz CT molecular complexity index is 1170. The summed E-state index contributed by atoms with van der Waals surface area (Å²) in [4.78, 5) is 29.0. The highest BCUT2D eigenvalue weighted by atomic mass is 35.5. The van der Waals surface area contributed by atoms with Gasteiger partial charge >= 0.3 is 0 Å². The van der Waals surface area contributed by atoms with Crippen molar-refractivity contribution in [1.29, 1.82) is 0 Å². The summed E-state index contributed by atoms with van der Waals surface area (Å²) in [5, 5.41) is 3.97. The predicted octanol–water partition coefficient (Wildman–Crippen LogP) is 7.04. The van der Waals surface area contributed by atoms with Crippen LogP contribution in [0.25, 0.3) is 0 Å². The maximum absolute atomic E-state index is 13.8. The lowest BCUT2D eigenvalue weighted by atomic mass is 10.0. The summed E-state index contributed by atoms with van der Waals surface area (Å²) in [7, 11) is 0. The lowest BCUT2D eigenvalue weighted by molar-refractivity contribution is -0.141. The fraction of sp³-hybridized carbons (Fsp3) is 0.355. The summed E-state index contributed by atoms with van der Waals surface area (Å²) >= 11 is 12.4. The molecule has 4 nitrogen and oxygen atoms in total. The number of nitrogens with zero attached hydrogens (tertiary/aromatic N) is 1. The molecule has 0 aliphatic rings. The normalized spacial score (nSPS) is 12.6. The molecule has 0 spiro atoms. The Balaban J connectivity index is 1.91. The molecule has 0 heterocycles. The number of halogens is 2. The maximum Gasteiger partial charge on any atom is 0.243 e. The van der Waals surface area contributed by atoms with E-state index >= 15 is 0 Å². The first-order valence-electron chi connectivity index (χ1n) is 13.0. The molecule has 0 saturated heterocycles. The zero-order chi connectivity index (χ0) is 26.8. The van der Waals surface area contributed by atoms with Crippen LogP contribution in [-0.2, 0) is 35.4 Å². The van der Waals surface area contributed by atoms with Gasteiger partial charge in [-0.05, 0) is 60.6 Å². The van der Waals surface area contributed by atoms with Crippen LogP contribution in [0.3, 0.4) is 0 Å². The van der Waals surface area contributed by atoms with Gasteiger partial charge in [0.05, 0.1) is 10.0 Å². The first-order valence-corrected chi connectivity index (χ1v) is 13.7. The molecule has 37 heavy (non-hydrogen) atoms. The number of carbonyl (C=O) groups is 2. The SMILES string of the molecule is CCc1ccc(CCC(=O)N(Cc2ccc(Cl)c(Cl)c2)[C@@H](Cc2ccccc2)C(=O)N[C@@H](C)CC)cc1. The van der Waals surface area contributed by atoms with Crippen molar-refractivity contribution in [3.8, 4) is 0 Å². The molecule has 2 amide bonds. The van der Waals surface area contributed by atoms with Gasteiger partial charge in [-0.1, -0.05) is 97.7 Å². The fourth-order valence-electron chi connectivity index (χ4n) is 4.17. The van der Waals surface area contributed by atoms with Crippen LogP contribution >= 0.6 is 23.2 Å². The molecule has 0 bridgehead atoms. The van der Waals surface area contributed by atoms with Gasteiger partial charge in [0.15, 0.2) is 0 Å². The number of aryl methyl sites for hydroxylation is 2. The lowest BCUT2D eigenvalue weighted by Crippen LogP contribution is -2.52. The standard InChI is InChI=1S/C31H36Cl2N2O2/c1-4-22(3)34-31(37)29(20-25-9-7-6-8-10-25)35(21-26-15-17-27(32)28(33)19-26)30(36)18-16-24-13-11-23(5-2)12-14-24/h6-15,17,19,22,29H,4-5,16,18,20-21H2,1-3H3,(H,34,37)/t22-,29-/m0/s1. The number of rotatable bonds is 12. The van der Waals surface area contributed by atoms with Crippen LogP contribution in [0.5, 0.6) is 0 Å². The zero-order valence-electron chi connectivity index (χ0n) is 21.8. The quantitative estimate of drug-likeness (QED) is 0.268. The van der Waals surface area contributed by atoms with E-state index in [0.717, 1.165) is 29.5 Å². The van der Waals surface area contributed by atoms with Crippen molar-refractivity contribution in [3.63, 3.8) is 0 Å². The van der Waals surface area contributed by atoms with Crippen molar-refractivity contribution >= 4 is 35.0 Å². The van der Waals surface area contributed by atoms with Crippen LogP contribution in [0, 0.1) is 0 Å². The average molecular weight is 540 g/mol. The Labute approximate surface area is 231 Å². The monoisotopic (exact) mass is 538 g/mol. The first-order chi connectivity index (χ1) is 17.8. The van der Waals surface area contributed by atoms with Crippen LogP contribution < -0.4 is 5.32 Å². The van der Waals surface area contributed by atoms with Gasteiger partial charge in [0, 0.05) is 25.4 Å². The second kappa shape index (κ2) is 14.2. The molecule has 3 rings (SSSR count). The maximum atomic E-state index is 13.8. The van der Waals surface area contributed by atoms with E-state index < -0.39 is 6.04 Å². The van der Waals surface area contributed by atoms with E-state index in [1.807, 2.05) is 50.2 Å². The molecule has 196 valence electrons. The summed E-state index contributed by atoms with van der Waals surface area (Å²) in [6, 6.07) is 22.8. The molecule has 0 unspecified atom stereocenters. The summed E-state index contributed by atoms with van der Waals surface area (Å²) < 4.78 is 0. The number of benzene rings is 3. The van der Waals surface area contributed by atoms with Crippen molar-refractivity contribution in [2.75, 3.05) is 0 Å². The Morgan fingerprint density at radius 1 is 0.838 bits per heavy atom. The third-order valence-corrected chi connectivity index (χ3v) is 7.41. The molecule has 0 saturated carbocycles. The largest absolute Gasteiger partial charge is 0.352 e. The summed E-state index contributed by atoms with van der Waals surface area (Å²) in [6.07, 6.45) is 3.10. The molecule has 3 aromatic carbocycles. The second-order valence-corrected chi connectivity index (χ2v) is 10.3. The number of amides is 2. The van der Waals surface area contributed by atoms with E-state index in [4.69, 9.17) is 23.2 Å². The molecule has 3 aromatic rings. The summed E-state index contributed by atoms with van der Waals surface area (Å²) in [5.41, 5.74) is 4.18. The predicted molar refractivity (Wildman–Crippen MR) is 153 cm³/mol.